The van der Waals surface area contributed by atoms with Gasteiger partial charge in [-0.3, -0.25) is 5.43 Å². The first-order valence-electron chi connectivity index (χ1n) is 6.75. The standard InChI is InChI=1S/C15H23N3OS/c1-5-10-19-13-9-7-6-8-12(13)11-16-18-14(20)17-15(2,3)4/h6-9,11H,5,10H2,1-4H3,(H2,17,18,20)/b16-11-. The van der Waals surface area contributed by atoms with E-state index in [4.69, 9.17) is 17.0 Å². The van der Waals surface area contributed by atoms with Crippen molar-refractivity contribution >= 4 is 23.5 Å². The number of nitrogens with zero attached hydrogens (tertiary/aromatic N) is 1. The van der Waals surface area contributed by atoms with Gasteiger partial charge in [0.05, 0.1) is 12.8 Å². The molecule has 0 aliphatic carbocycles. The predicted molar refractivity (Wildman–Crippen MR) is 88.4 cm³/mol. The molecule has 0 amide bonds. The molecule has 0 heterocycles. The van der Waals surface area contributed by atoms with Gasteiger partial charge in [-0.05, 0) is 51.5 Å². The van der Waals surface area contributed by atoms with Gasteiger partial charge in [-0.2, -0.15) is 5.10 Å². The molecule has 20 heavy (non-hydrogen) atoms. The van der Waals surface area contributed by atoms with E-state index in [9.17, 15) is 0 Å². The molecule has 0 spiro atoms. The lowest BCUT2D eigenvalue weighted by Gasteiger charge is -2.21. The van der Waals surface area contributed by atoms with E-state index in [1.807, 2.05) is 45.0 Å². The molecule has 0 saturated heterocycles. The average molecular weight is 293 g/mol. The van der Waals surface area contributed by atoms with Crippen LogP contribution in [-0.4, -0.2) is 23.5 Å². The zero-order valence-corrected chi connectivity index (χ0v) is 13.4. The van der Waals surface area contributed by atoms with Crippen LogP contribution in [0.25, 0.3) is 0 Å². The Kier molecular flexibility index (Phi) is 6.45. The Hall–Kier alpha value is -1.62. The fourth-order valence-electron chi connectivity index (χ4n) is 1.46. The van der Waals surface area contributed by atoms with Gasteiger partial charge in [-0.15, -0.1) is 0 Å². The molecule has 0 fully saturated rings. The second-order valence-electron chi connectivity index (χ2n) is 5.46. The van der Waals surface area contributed by atoms with Gasteiger partial charge in [0.2, 0.25) is 0 Å². The van der Waals surface area contributed by atoms with Crippen LogP contribution < -0.4 is 15.5 Å². The highest BCUT2D eigenvalue weighted by atomic mass is 32.1. The van der Waals surface area contributed by atoms with E-state index in [2.05, 4.69) is 22.8 Å². The van der Waals surface area contributed by atoms with Gasteiger partial charge in [0.25, 0.3) is 0 Å². The fraction of sp³-hybridized carbons (Fsp3) is 0.467. The van der Waals surface area contributed by atoms with Crippen molar-refractivity contribution in [3.63, 3.8) is 0 Å². The van der Waals surface area contributed by atoms with Crippen LogP contribution in [0.2, 0.25) is 0 Å². The van der Waals surface area contributed by atoms with Crippen molar-refractivity contribution in [3.8, 4) is 5.75 Å². The zero-order chi connectivity index (χ0) is 15.0. The first-order valence-corrected chi connectivity index (χ1v) is 7.16. The van der Waals surface area contributed by atoms with E-state index in [0.29, 0.717) is 11.7 Å². The number of benzene rings is 1. The maximum absolute atomic E-state index is 5.66. The second-order valence-corrected chi connectivity index (χ2v) is 5.87. The molecule has 0 atom stereocenters. The van der Waals surface area contributed by atoms with Crippen LogP contribution in [-0.2, 0) is 0 Å². The highest BCUT2D eigenvalue weighted by Gasteiger charge is 2.10. The number of rotatable bonds is 5. The Balaban J connectivity index is 2.59. The van der Waals surface area contributed by atoms with E-state index in [1.165, 1.54) is 0 Å². The second kappa shape index (κ2) is 7.85. The molecule has 0 saturated carbocycles. The van der Waals surface area contributed by atoms with Crippen LogP contribution in [0.3, 0.4) is 0 Å². The molecule has 1 rings (SSSR count). The van der Waals surface area contributed by atoms with E-state index in [-0.39, 0.29) is 5.54 Å². The van der Waals surface area contributed by atoms with E-state index in [0.717, 1.165) is 17.7 Å². The maximum atomic E-state index is 5.66. The van der Waals surface area contributed by atoms with Gasteiger partial charge in [0.15, 0.2) is 5.11 Å². The lowest BCUT2D eigenvalue weighted by molar-refractivity contribution is 0.317. The summed E-state index contributed by atoms with van der Waals surface area (Å²) in [4.78, 5) is 0. The minimum atomic E-state index is -0.0816. The summed E-state index contributed by atoms with van der Waals surface area (Å²) < 4.78 is 5.66. The van der Waals surface area contributed by atoms with Crippen molar-refractivity contribution in [2.24, 2.45) is 5.10 Å². The van der Waals surface area contributed by atoms with Crippen molar-refractivity contribution in [2.45, 2.75) is 39.7 Å². The fourth-order valence-corrected chi connectivity index (χ4v) is 1.82. The largest absolute Gasteiger partial charge is 0.493 e. The van der Waals surface area contributed by atoms with Crippen LogP contribution in [0.4, 0.5) is 0 Å². The third kappa shape index (κ3) is 6.52. The summed E-state index contributed by atoms with van der Waals surface area (Å²) in [5.74, 6) is 0.828. The third-order valence-corrected chi connectivity index (χ3v) is 2.43. The molecule has 0 aliphatic rings. The monoisotopic (exact) mass is 293 g/mol. The van der Waals surface area contributed by atoms with Crippen LogP contribution in [0.15, 0.2) is 29.4 Å². The minimum Gasteiger partial charge on any atom is -0.493 e. The van der Waals surface area contributed by atoms with E-state index in [1.54, 1.807) is 6.21 Å². The van der Waals surface area contributed by atoms with Gasteiger partial charge >= 0.3 is 0 Å². The lowest BCUT2D eigenvalue weighted by atomic mass is 10.1. The van der Waals surface area contributed by atoms with Crippen molar-refractivity contribution in [1.29, 1.82) is 0 Å². The zero-order valence-electron chi connectivity index (χ0n) is 12.6. The first-order chi connectivity index (χ1) is 9.42. The number of ether oxygens (including phenoxy) is 1. The average Bonchev–Trinajstić information content (AvgIpc) is 2.35. The van der Waals surface area contributed by atoms with Crippen molar-refractivity contribution in [1.82, 2.24) is 10.7 Å². The normalized spacial score (nSPS) is 11.4. The summed E-state index contributed by atoms with van der Waals surface area (Å²) in [7, 11) is 0. The molecule has 110 valence electrons. The molecular formula is C15H23N3OS. The molecule has 1 aromatic rings. The van der Waals surface area contributed by atoms with E-state index < -0.39 is 0 Å². The summed E-state index contributed by atoms with van der Waals surface area (Å²) >= 11 is 5.15. The third-order valence-electron chi connectivity index (χ3n) is 2.24. The SMILES string of the molecule is CCCOc1ccccc1/C=N\NC(=S)NC(C)(C)C. The first kappa shape index (κ1) is 16.4. The Morgan fingerprint density at radius 3 is 2.70 bits per heavy atom. The summed E-state index contributed by atoms with van der Waals surface area (Å²) in [6.07, 6.45) is 2.69. The molecule has 0 bridgehead atoms. The number of thiocarbonyl (C=S) groups is 1. The van der Waals surface area contributed by atoms with Gasteiger partial charge in [0, 0.05) is 11.1 Å². The molecule has 4 nitrogen and oxygen atoms in total. The van der Waals surface area contributed by atoms with E-state index >= 15 is 0 Å². The molecule has 0 radical (unpaired) electrons. The quantitative estimate of drug-likeness (QED) is 0.497. The van der Waals surface area contributed by atoms with Crippen LogP contribution >= 0.6 is 12.2 Å². The number of hydrazone groups is 1. The van der Waals surface area contributed by atoms with Gasteiger partial charge in [0.1, 0.15) is 5.75 Å². The number of para-hydroxylation sites is 1. The molecule has 2 N–H and O–H groups in total. The summed E-state index contributed by atoms with van der Waals surface area (Å²) in [6.45, 7) is 8.90. The smallest absolute Gasteiger partial charge is 0.187 e. The number of hydrogen-bond donors (Lipinski definition) is 2. The maximum Gasteiger partial charge on any atom is 0.187 e. The molecule has 0 unspecified atom stereocenters. The summed E-state index contributed by atoms with van der Waals surface area (Å²) in [6, 6.07) is 7.78. The highest BCUT2D eigenvalue weighted by Crippen LogP contribution is 2.15. The van der Waals surface area contributed by atoms with Gasteiger partial charge in [-0.25, -0.2) is 0 Å². The predicted octanol–water partition coefficient (Wildman–Crippen LogP) is 3.07. The lowest BCUT2D eigenvalue weighted by Crippen LogP contribution is -2.44. The molecule has 1 aromatic carbocycles. The van der Waals surface area contributed by atoms with Crippen molar-refractivity contribution in [3.05, 3.63) is 29.8 Å². The van der Waals surface area contributed by atoms with Crippen molar-refractivity contribution in [2.75, 3.05) is 6.61 Å². The minimum absolute atomic E-state index is 0.0816. The molecule has 0 aliphatic heterocycles. The molecular weight excluding hydrogens is 270 g/mol. The Labute approximate surface area is 126 Å². The van der Waals surface area contributed by atoms with Crippen molar-refractivity contribution < 1.29 is 4.74 Å². The molecule has 5 heteroatoms. The molecule has 0 aromatic heterocycles. The van der Waals surface area contributed by atoms with Gasteiger partial charge in [-0.1, -0.05) is 19.1 Å². The highest BCUT2D eigenvalue weighted by molar-refractivity contribution is 7.80. The van der Waals surface area contributed by atoms with Gasteiger partial charge < -0.3 is 10.1 Å². The Morgan fingerprint density at radius 2 is 2.05 bits per heavy atom. The van der Waals surface area contributed by atoms with Crippen LogP contribution in [0.1, 0.15) is 39.7 Å². The Morgan fingerprint density at radius 1 is 1.35 bits per heavy atom. The van der Waals surface area contributed by atoms with Crippen LogP contribution in [0, 0.1) is 0 Å². The number of nitrogens with one attached hydrogen (secondary N) is 2. The number of hydrogen-bond acceptors (Lipinski definition) is 3. The Bertz CT molecular complexity index is 466. The summed E-state index contributed by atoms with van der Waals surface area (Å²) in [5, 5.41) is 7.77. The topological polar surface area (TPSA) is 45.6 Å². The van der Waals surface area contributed by atoms with Crippen LogP contribution in [0.5, 0.6) is 5.75 Å². The summed E-state index contributed by atoms with van der Waals surface area (Å²) in [5.41, 5.74) is 3.65.